The molecule has 2 rings (SSSR count). The summed E-state index contributed by atoms with van der Waals surface area (Å²) in [7, 11) is 4.31. The van der Waals surface area contributed by atoms with Gasteiger partial charge in [0.05, 0.1) is 24.0 Å². The van der Waals surface area contributed by atoms with Crippen LogP contribution in [-0.2, 0) is 33.3 Å². The maximum absolute atomic E-state index is 13.3. The molecule has 4 N–H and O–H groups in total. The number of amides is 2. The van der Waals surface area contributed by atoms with E-state index in [0.717, 1.165) is 6.08 Å². The van der Waals surface area contributed by atoms with Gasteiger partial charge >= 0.3 is 6.09 Å². The number of carbonyl (C=O) groups is 4. The summed E-state index contributed by atoms with van der Waals surface area (Å²) < 4.78 is 22.1. The van der Waals surface area contributed by atoms with Crippen LogP contribution >= 0.6 is 0 Å². The van der Waals surface area contributed by atoms with Gasteiger partial charge < -0.3 is 35.1 Å². The van der Waals surface area contributed by atoms with Gasteiger partial charge in [0.25, 0.3) is 5.91 Å². The van der Waals surface area contributed by atoms with E-state index in [9.17, 15) is 24.3 Å². The zero-order valence-corrected chi connectivity index (χ0v) is 24.0. The number of hydrogen-bond donors (Lipinski definition) is 3. The maximum atomic E-state index is 13.3. The normalized spacial score (nSPS) is 34.4. The predicted molar refractivity (Wildman–Crippen MR) is 147 cm³/mol. The summed E-state index contributed by atoms with van der Waals surface area (Å²) in [5.41, 5.74) is 6.06. The van der Waals surface area contributed by atoms with Crippen LogP contribution in [0.2, 0.25) is 0 Å². The lowest BCUT2D eigenvalue weighted by atomic mass is 9.84. The van der Waals surface area contributed by atoms with Gasteiger partial charge in [-0.2, -0.15) is 0 Å². The van der Waals surface area contributed by atoms with Crippen LogP contribution in [-0.4, -0.2) is 80.5 Å². The highest BCUT2D eigenvalue weighted by molar-refractivity contribution is 6.22. The molecule has 0 aromatic heterocycles. The molecule has 0 saturated heterocycles. The fourth-order valence-corrected chi connectivity index (χ4v) is 4.86. The van der Waals surface area contributed by atoms with Gasteiger partial charge in [-0.25, -0.2) is 4.79 Å². The van der Waals surface area contributed by atoms with E-state index in [1.807, 2.05) is 6.92 Å². The van der Waals surface area contributed by atoms with E-state index < -0.39 is 60.0 Å². The summed E-state index contributed by atoms with van der Waals surface area (Å²) in [6, 6.07) is 0. The van der Waals surface area contributed by atoms with E-state index in [1.165, 1.54) is 46.5 Å². The van der Waals surface area contributed by atoms with Crippen molar-refractivity contribution in [3.05, 3.63) is 58.9 Å². The Hall–Kier alpha value is -3.38. The van der Waals surface area contributed by atoms with E-state index in [4.69, 9.17) is 24.7 Å². The number of nitrogens with one attached hydrogen (secondary N) is 1. The highest BCUT2D eigenvalue weighted by Crippen LogP contribution is 2.29. The van der Waals surface area contributed by atoms with Gasteiger partial charge in [0.2, 0.25) is 5.78 Å². The Morgan fingerprint density at radius 1 is 1.02 bits per heavy atom. The Kier molecular flexibility index (Phi) is 12.2. The minimum absolute atomic E-state index is 0.0970. The molecule has 1 aliphatic heterocycles. The van der Waals surface area contributed by atoms with Crippen LogP contribution in [0, 0.1) is 11.8 Å². The van der Waals surface area contributed by atoms with Crippen molar-refractivity contribution in [3.63, 3.8) is 0 Å². The van der Waals surface area contributed by atoms with Crippen molar-refractivity contribution in [2.45, 2.75) is 64.6 Å². The average molecular weight is 561 g/mol. The zero-order chi connectivity index (χ0) is 30.1. The van der Waals surface area contributed by atoms with Crippen LogP contribution in [0.3, 0.4) is 0 Å². The van der Waals surface area contributed by atoms with Gasteiger partial charge in [0, 0.05) is 44.5 Å². The van der Waals surface area contributed by atoms with Gasteiger partial charge in [0.1, 0.15) is 6.10 Å². The lowest BCUT2D eigenvalue weighted by Gasteiger charge is -2.32. The quantitative estimate of drug-likeness (QED) is 0.345. The SMILES string of the molecule is COC1C2=CC(=O)C=C(NC(=O)/C(C)=C/C=C\[C@H](OC)[C@@H](OC(N)=O)/C(C)=C/[C@H](C)[C@@H](O)[C@@H](OC)C[C@@H]1C)C2=O. The topological polar surface area (TPSA) is 163 Å². The van der Waals surface area contributed by atoms with Crippen molar-refractivity contribution in [2.24, 2.45) is 17.6 Å². The van der Waals surface area contributed by atoms with Crippen molar-refractivity contribution < 1.29 is 43.2 Å². The fraction of sp³-hybridized carbons (Fsp3) is 0.517. The average Bonchev–Trinajstić information content (AvgIpc) is 2.90. The molecule has 11 nitrogen and oxygen atoms in total. The number of methoxy groups -OCH3 is 3. The molecule has 220 valence electrons. The zero-order valence-electron chi connectivity index (χ0n) is 24.0. The maximum Gasteiger partial charge on any atom is 0.405 e. The number of rotatable bonds is 4. The second-order valence-corrected chi connectivity index (χ2v) is 10.0. The van der Waals surface area contributed by atoms with Crippen LogP contribution in [0.5, 0.6) is 0 Å². The van der Waals surface area contributed by atoms with Gasteiger partial charge in [-0.3, -0.25) is 14.4 Å². The van der Waals surface area contributed by atoms with E-state index >= 15 is 0 Å². The van der Waals surface area contributed by atoms with Crippen LogP contribution in [0.4, 0.5) is 4.79 Å². The number of aliphatic hydroxyl groups is 1. The second-order valence-electron chi connectivity index (χ2n) is 10.0. The van der Waals surface area contributed by atoms with Gasteiger partial charge in [0.15, 0.2) is 11.9 Å². The van der Waals surface area contributed by atoms with Crippen molar-refractivity contribution in [1.82, 2.24) is 5.32 Å². The van der Waals surface area contributed by atoms with Crippen LogP contribution < -0.4 is 11.1 Å². The summed E-state index contributed by atoms with van der Waals surface area (Å²) in [5, 5.41) is 13.7. The number of ketones is 2. The Morgan fingerprint density at radius 2 is 1.70 bits per heavy atom. The molecule has 40 heavy (non-hydrogen) atoms. The van der Waals surface area contributed by atoms with Crippen LogP contribution in [0.25, 0.3) is 0 Å². The highest BCUT2D eigenvalue weighted by Gasteiger charge is 2.35. The first-order valence-corrected chi connectivity index (χ1v) is 12.9. The van der Waals surface area contributed by atoms with Crippen LogP contribution in [0.15, 0.2) is 58.9 Å². The van der Waals surface area contributed by atoms with E-state index in [-0.39, 0.29) is 29.2 Å². The number of allylic oxidation sites excluding steroid dienone is 5. The Morgan fingerprint density at radius 3 is 2.27 bits per heavy atom. The largest absolute Gasteiger partial charge is 0.439 e. The smallest absolute Gasteiger partial charge is 0.405 e. The van der Waals surface area contributed by atoms with Gasteiger partial charge in [-0.15, -0.1) is 0 Å². The Bertz CT molecular complexity index is 1130. The van der Waals surface area contributed by atoms with Crippen LogP contribution in [0.1, 0.15) is 34.1 Å². The number of ether oxygens (including phenoxy) is 4. The van der Waals surface area contributed by atoms with Crippen molar-refractivity contribution in [3.8, 4) is 0 Å². The molecule has 0 fully saturated rings. The molecule has 11 heteroatoms. The number of hydrogen-bond acceptors (Lipinski definition) is 9. The molecule has 1 aliphatic carbocycles. The highest BCUT2D eigenvalue weighted by atomic mass is 16.6. The van der Waals surface area contributed by atoms with E-state index in [1.54, 1.807) is 26.0 Å². The fourth-order valence-electron chi connectivity index (χ4n) is 4.86. The summed E-state index contributed by atoms with van der Waals surface area (Å²) >= 11 is 0. The third kappa shape index (κ3) is 8.31. The first kappa shape index (κ1) is 32.8. The molecule has 1 heterocycles. The summed E-state index contributed by atoms with van der Waals surface area (Å²) in [6.45, 7) is 6.86. The number of aliphatic hydroxyl groups excluding tert-OH is 1. The number of primary amides is 1. The molecule has 0 saturated carbocycles. The Labute approximate surface area is 234 Å². The number of fused-ring (bicyclic) bond motifs is 2. The Balaban J connectivity index is 2.62. The number of carbonyl (C=O) groups excluding carboxylic acids is 4. The predicted octanol–water partition coefficient (Wildman–Crippen LogP) is 2.06. The van der Waals surface area contributed by atoms with Crippen molar-refractivity contribution in [2.75, 3.05) is 21.3 Å². The molecular formula is C29H40N2O9. The standard InChI is InChI=1S/C29H40N2O9/c1-15-9-8-10-22(37-5)27(40-29(30)36)17(3)11-16(2)24(33)23(38-6)12-18(4)26(39-7)20-13-19(32)14-21(25(20)34)31-28(15)35/h8-11,13-14,16,18,22-24,26-27,33H,12H2,1-7H3,(H2,30,36)(H,31,35)/b10-8-,15-9+,17-11+/t16-,18-,22-,23-,24+,26?,27-/m0/s1. The summed E-state index contributed by atoms with van der Waals surface area (Å²) in [5.74, 6) is -2.44. The van der Waals surface area contributed by atoms with Crippen molar-refractivity contribution >= 4 is 23.6 Å². The summed E-state index contributed by atoms with van der Waals surface area (Å²) in [6.07, 6.45) is 3.68. The lowest BCUT2D eigenvalue weighted by molar-refractivity contribution is -0.120. The molecule has 0 aromatic carbocycles. The van der Waals surface area contributed by atoms with Crippen molar-refractivity contribution in [1.29, 1.82) is 0 Å². The van der Waals surface area contributed by atoms with E-state index in [2.05, 4.69) is 5.32 Å². The first-order chi connectivity index (χ1) is 18.8. The lowest BCUT2D eigenvalue weighted by Crippen LogP contribution is -2.40. The van der Waals surface area contributed by atoms with Gasteiger partial charge in [-0.1, -0.05) is 38.2 Å². The summed E-state index contributed by atoms with van der Waals surface area (Å²) in [4.78, 5) is 50.4. The molecule has 0 spiro atoms. The molecule has 2 aliphatic rings. The third-order valence-electron chi connectivity index (χ3n) is 7.04. The molecule has 7 atom stereocenters. The molecule has 2 amide bonds. The van der Waals surface area contributed by atoms with Gasteiger partial charge in [-0.05, 0) is 37.8 Å². The minimum atomic E-state index is -1.01. The number of nitrogens with two attached hydrogens (primary N) is 1. The molecular weight excluding hydrogens is 520 g/mol. The van der Waals surface area contributed by atoms with E-state index in [0.29, 0.717) is 5.57 Å². The number of Topliss-reactive ketones (excluding diaryl/α,β-unsaturated/α-hetero) is 1. The third-order valence-corrected chi connectivity index (χ3v) is 7.04. The monoisotopic (exact) mass is 560 g/mol. The molecule has 0 aromatic rings. The molecule has 1 unspecified atom stereocenters. The molecule has 2 bridgehead atoms. The second kappa shape index (κ2) is 14.8. The molecule has 0 radical (unpaired) electrons. The first-order valence-electron chi connectivity index (χ1n) is 12.9. The minimum Gasteiger partial charge on any atom is -0.439 e.